The average Bonchev–Trinajstić information content (AvgIpc) is 2.98. The second kappa shape index (κ2) is 7.87. The third-order valence-electron chi connectivity index (χ3n) is 2.81. The molecule has 0 aromatic heterocycles. The standard InChI is InChI=1S/C13H17BrN2O3S/c14-10-3-1-2-4-12(10)19-6-9(17)5-15-13(18)11-7-20-8-16-11/h1-4,9,11,16-17H,5-8H2,(H,15,18)/t9-,11+/m1/s1. The van der Waals surface area contributed by atoms with Crippen LogP contribution in [0.15, 0.2) is 28.7 Å². The molecule has 1 aliphatic rings. The van der Waals surface area contributed by atoms with Gasteiger partial charge in [-0.25, -0.2) is 0 Å². The molecule has 1 amide bonds. The zero-order chi connectivity index (χ0) is 14.4. The van der Waals surface area contributed by atoms with Crippen LogP contribution in [0, 0.1) is 0 Å². The summed E-state index contributed by atoms with van der Waals surface area (Å²) in [6.45, 7) is 0.321. The smallest absolute Gasteiger partial charge is 0.238 e. The molecular weight excluding hydrogens is 344 g/mol. The van der Waals surface area contributed by atoms with E-state index in [2.05, 4.69) is 26.6 Å². The summed E-state index contributed by atoms with van der Waals surface area (Å²) < 4.78 is 6.32. The van der Waals surface area contributed by atoms with Crippen molar-refractivity contribution in [1.29, 1.82) is 0 Å². The van der Waals surface area contributed by atoms with Gasteiger partial charge >= 0.3 is 0 Å². The van der Waals surface area contributed by atoms with Gasteiger partial charge in [0.1, 0.15) is 18.5 Å². The van der Waals surface area contributed by atoms with E-state index in [9.17, 15) is 9.90 Å². The van der Waals surface area contributed by atoms with E-state index in [0.717, 1.165) is 16.1 Å². The summed E-state index contributed by atoms with van der Waals surface area (Å²) in [6, 6.07) is 7.27. The highest BCUT2D eigenvalue weighted by Crippen LogP contribution is 2.23. The Morgan fingerprint density at radius 2 is 2.40 bits per heavy atom. The molecule has 7 heteroatoms. The fourth-order valence-electron chi connectivity index (χ4n) is 1.71. The Hall–Kier alpha value is -0.760. The maximum atomic E-state index is 11.7. The molecule has 5 nitrogen and oxygen atoms in total. The van der Waals surface area contributed by atoms with E-state index < -0.39 is 6.10 Å². The van der Waals surface area contributed by atoms with Crippen molar-refractivity contribution in [2.24, 2.45) is 0 Å². The van der Waals surface area contributed by atoms with E-state index in [4.69, 9.17) is 4.74 Å². The van der Waals surface area contributed by atoms with Gasteiger partial charge in [-0.3, -0.25) is 10.1 Å². The summed E-state index contributed by atoms with van der Waals surface area (Å²) >= 11 is 5.06. The number of hydrogen-bond donors (Lipinski definition) is 3. The molecule has 0 unspecified atom stereocenters. The van der Waals surface area contributed by atoms with Gasteiger partial charge in [-0.2, -0.15) is 0 Å². The molecule has 2 atom stereocenters. The van der Waals surface area contributed by atoms with Gasteiger partial charge in [0.05, 0.1) is 10.5 Å². The molecule has 2 rings (SSSR count). The van der Waals surface area contributed by atoms with Crippen molar-refractivity contribution >= 4 is 33.6 Å². The van der Waals surface area contributed by atoms with Crippen molar-refractivity contribution in [1.82, 2.24) is 10.6 Å². The molecule has 0 aliphatic carbocycles. The van der Waals surface area contributed by atoms with E-state index in [1.165, 1.54) is 0 Å². The van der Waals surface area contributed by atoms with Crippen LogP contribution in [0.2, 0.25) is 0 Å². The first-order valence-corrected chi connectivity index (χ1v) is 8.26. The summed E-state index contributed by atoms with van der Waals surface area (Å²) in [5.74, 6) is 2.17. The largest absolute Gasteiger partial charge is 0.490 e. The van der Waals surface area contributed by atoms with Crippen LogP contribution in [-0.4, -0.2) is 47.9 Å². The minimum atomic E-state index is -0.736. The molecule has 110 valence electrons. The number of ether oxygens (including phenoxy) is 1. The first-order chi connectivity index (χ1) is 9.66. The van der Waals surface area contributed by atoms with Crippen molar-refractivity contribution in [3.05, 3.63) is 28.7 Å². The predicted molar refractivity (Wildman–Crippen MR) is 82.9 cm³/mol. The maximum absolute atomic E-state index is 11.7. The number of nitrogens with one attached hydrogen (secondary N) is 2. The second-order valence-corrected chi connectivity index (χ2v) is 6.30. The second-order valence-electron chi connectivity index (χ2n) is 4.41. The highest BCUT2D eigenvalue weighted by atomic mass is 79.9. The van der Waals surface area contributed by atoms with Crippen LogP contribution in [0.25, 0.3) is 0 Å². The van der Waals surface area contributed by atoms with E-state index >= 15 is 0 Å². The molecule has 1 saturated heterocycles. The van der Waals surface area contributed by atoms with Crippen molar-refractivity contribution in [2.75, 3.05) is 24.8 Å². The summed E-state index contributed by atoms with van der Waals surface area (Å²) in [5.41, 5.74) is 0. The van der Waals surface area contributed by atoms with Gasteiger partial charge in [0.2, 0.25) is 5.91 Å². The van der Waals surface area contributed by atoms with Crippen LogP contribution in [0.4, 0.5) is 0 Å². The number of para-hydroxylation sites is 1. The molecule has 20 heavy (non-hydrogen) atoms. The van der Waals surface area contributed by atoms with Crippen molar-refractivity contribution in [2.45, 2.75) is 12.1 Å². The van der Waals surface area contributed by atoms with E-state index in [0.29, 0.717) is 5.75 Å². The third kappa shape index (κ3) is 4.66. The van der Waals surface area contributed by atoms with Gasteiger partial charge in [0, 0.05) is 18.2 Å². The lowest BCUT2D eigenvalue weighted by Gasteiger charge is -2.15. The Morgan fingerprint density at radius 1 is 1.60 bits per heavy atom. The zero-order valence-corrected chi connectivity index (χ0v) is 13.2. The lowest BCUT2D eigenvalue weighted by Crippen LogP contribution is -2.45. The quantitative estimate of drug-likeness (QED) is 0.705. The summed E-state index contributed by atoms with van der Waals surface area (Å²) in [5, 5.41) is 15.6. The van der Waals surface area contributed by atoms with Crippen LogP contribution in [-0.2, 0) is 4.79 Å². The molecule has 1 aromatic carbocycles. The highest BCUT2D eigenvalue weighted by molar-refractivity contribution is 9.10. The Bertz CT molecular complexity index is 455. The SMILES string of the molecule is O=C(NC[C@@H](O)COc1ccccc1Br)[C@@H]1CSCN1. The van der Waals surface area contributed by atoms with Crippen LogP contribution in [0.3, 0.4) is 0 Å². The normalized spacial score (nSPS) is 19.6. The Labute approximate surface area is 130 Å². The van der Waals surface area contributed by atoms with E-state index in [1.54, 1.807) is 11.8 Å². The molecule has 3 N–H and O–H groups in total. The fraction of sp³-hybridized carbons (Fsp3) is 0.462. The number of aliphatic hydroxyl groups is 1. The number of carbonyl (C=O) groups is 1. The van der Waals surface area contributed by atoms with Crippen LogP contribution >= 0.6 is 27.7 Å². The average molecular weight is 361 g/mol. The predicted octanol–water partition coefficient (Wildman–Crippen LogP) is 0.967. The molecule has 1 aromatic rings. The van der Waals surface area contributed by atoms with Gasteiger partial charge in [-0.1, -0.05) is 12.1 Å². The number of thioether (sulfide) groups is 1. The van der Waals surface area contributed by atoms with Gasteiger partial charge < -0.3 is 15.2 Å². The van der Waals surface area contributed by atoms with Gasteiger partial charge in [0.15, 0.2) is 0 Å². The monoisotopic (exact) mass is 360 g/mol. The molecule has 0 saturated carbocycles. The molecule has 0 radical (unpaired) electrons. The lowest BCUT2D eigenvalue weighted by molar-refractivity contribution is -0.122. The molecule has 1 fully saturated rings. The van der Waals surface area contributed by atoms with Crippen molar-refractivity contribution in [3.63, 3.8) is 0 Å². The number of amides is 1. The molecule has 0 spiro atoms. The summed E-state index contributed by atoms with van der Waals surface area (Å²) in [4.78, 5) is 11.7. The first kappa shape index (κ1) is 15.6. The third-order valence-corrected chi connectivity index (χ3v) is 4.41. The molecule has 1 aliphatic heterocycles. The number of carbonyl (C=O) groups excluding carboxylic acids is 1. The first-order valence-electron chi connectivity index (χ1n) is 6.31. The van der Waals surface area contributed by atoms with Gasteiger partial charge in [-0.15, -0.1) is 11.8 Å². The van der Waals surface area contributed by atoms with E-state index in [1.807, 2.05) is 24.3 Å². The molecular formula is C13H17BrN2O3S. The minimum absolute atomic E-state index is 0.0741. The van der Waals surface area contributed by atoms with E-state index in [-0.39, 0.29) is 25.1 Å². The summed E-state index contributed by atoms with van der Waals surface area (Å²) in [6.07, 6.45) is -0.736. The molecule has 1 heterocycles. The number of hydrogen-bond acceptors (Lipinski definition) is 5. The summed E-state index contributed by atoms with van der Waals surface area (Å²) in [7, 11) is 0. The van der Waals surface area contributed by atoms with Gasteiger partial charge in [0.25, 0.3) is 0 Å². The van der Waals surface area contributed by atoms with Crippen molar-refractivity contribution < 1.29 is 14.6 Å². The van der Waals surface area contributed by atoms with Crippen molar-refractivity contribution in [3.8, 4) is 5.75 Å². The number of aliphatic hydroxyl groups excluding tert-OH is 1. The van der Waals surface area contributed by atoms with Crippen LogP contribution in [0.5, 0.6) is 5.75 Å². The number of benzene rings is 1. The topological polar surface area (TPSA) is 70.6 Å². The molecule has 0 bridgehead atoms. The van der Waals surface area contributed by atoms with Crippen LogP contribution in [0.1, 0.15) is 0 Å². The number of rotatable bonds is 6. The fourth-order valence-corrected chi connectivity index (χ4v) is 3.05. The zero-order valence-electron chi connectivity index (χ0n) is 10.8. The minimum Gasteiger partial charge on any atom is -0.490 e. The highest BCUT2D eigenvalue weighted by Gasteiger charge is 2.22. The Morgan fingerprint density at radius 3 is 3.10 bits per heavy atom. The van der Waals surface area contributed by atoms with Crippen LogP contribution < -0.4 is 15.4 Å². The Kier molecular flexibility index (Phi) is 6.15. The van der Waals surface area contributed by atoms with Gasteiger partial charge in [-0.05, 0) is 28.1 Å². The Balaban J connectivity index is 1.69. The lowest BCUT2D eigenvalue weighted by atomic mass is 10.3. The maximum Gasteiger partial charge on any atom is 0.238 e. The number of halogens is 1.